The molecule has 11 nitrogen and oxygen atoms in total. The number of aliphatic hydroxyl groups is 1. The molecule has 3 atom stereocenters. The van der Waals surface area contributed by atoms with Crippen LogP contribution in [-0.4, -0.2) is 70.9 Å². The second kappa shape index (κ2) is 10.1. The minimum atomic E-state index is -1.59. The van der Waals surface area contributed by atoms with Crippen LogP contribution in [0.25, 0.3) is 0 Å². The lowest BCUT2D eigenvalue weighted by molar-refractivity contribution is -0.134. The van der Waals surface area contributed by atoms with Gasteiger partial charge in [0.15, 0.2) is 29.1 Å². The van der Waals surface area contributed by atoms with Gasteiger partial charge in [-0.15, -0.1) is 0 Å². The fourth-order valence-electron chi connectivity index (χ4n) is 3.34. The Morgan fingerprint density at radius 1 is 0.853 bits per heavy atom. The maximum atomic E-state index is 12.7. The molecule has 3 rings (SSSR count). The summed E-state index contributed by atoms with van der Waals surface area (Å²) in [5, 5.41) is 39.2. The minimum Gasteiger partial charge on any atom is -0.504 e. The Balaban J connectivity index is 1.86. The molecule has 0 saturated heterocycles. The molecule has 2 aromatic carbocycles. The van der Waals surface area contributed by atoms with Gasteiger partial charge in [0.05, 0.1) is 25.3 Å². The summed E-state index contributed by atoms with van der Waals surface area (Å²) in [5.74, 6) is -3.58. The van der Waals surface area contributed by atoms with Crippen molar-refractivity contribution < 1.29 is 53.8 Å². The molecule has 1 aliphatic carbocycles. The van der Waals surface area contributed by atoms with Crippen LogP contribution in [0, 0.1) is 0 Å². The Kier molecular flexibility index (Phi) is 7.27. The topological polar surface area (TPSA) is 169 Å². The predicted molar refractivity (Wildman–Crippen MR) is 114 cm³/mol. The van der Waals surface area contributed by atoms with Crippen LogP contribution >= 0.6 is 0 Å². The average molecular weight is 474 g/mol. The zero-order valence-corrected chi connectivity index (χ0v) is 18.1. The number of carbonyl (C=O) groups is 3. The number of ether oxygens (including phenoxy) is 4. The molecule has 0 radical (unpaired) electrons. The van der Waals surface area contributed by atoms with Crippen molar-refractivity contribution in [1.29, 1.82) is 0 Å². The van der Waals surface area contributed by atoms with Crippen molar-refractivity contribution in [3.63, 3.8) is 0 Å². The Morgan fingerprint density at radius 3 is 1.82 bits per heavy atom. The highest BCUT2D eigenvalue weighted by Gasteiger charge is 2.40. The van der Waals surface area contributed by atoms with Crippen molar-refractivity contribution in [2.45, 2.75) is 24.7 Å². The second-order valence-electron chi connectivity index (χ2n) is 7.28. The number of carbonyl (C=O) groups excluding carboxylic acids is 2. The van der Waals surface area contributed by atoms with Crippen LogP contribution in [0.1, 0.15) is 27.1 Å². The van der Waals surface area contributed by atoms with Crippen LogP contribution in [0.5, 0.6) is 23.0 Å². The Hall–Kier alpha value is -4.25. The standard InChI is InChI=1S/C23H22O11/c1-31-17-8-11(3-5-14(17)24)22(29)33-19-10-13(21(27)28)7-16(26)20(19)34-23(30)12-4-6-15(25)18(9-12)32-2/h3-9,16,19-20,24-26H,10H2,1-2H3,(H,27,28)/t16-,19-,20-/m1/s1. The third-order valence-electron chi connectivity index (χ3n) is 5.10. The number of phenols is 2. The Bertz CT molecular complexity index is 1140. The van der Waals surface area contributed by atoms with Crippen molar-refractivity contribution >= 4 is 17.9 Å². The summed E-state index contributed by atoms with van der Waals surface area (Å²) in [6.07, 6.45) is -3.70. The van der Waals surface area contributed by atoms with E-state index in [2.05, 4.69) is 0 Å². The highest BCUT2D eigenvalue weighted by Crippen LogP contribution is 2.31. The number of aliphatic carboxylic acids is 1. The van der Waals surface area contributed by atoms with Gasteiger partial charge in [0, 0.05) is 12.0 Å². The van der Waals surface area contributed by atoms with Crippen molar-refractivity contribution in [3.05, 3.63) is 59.2 Å². The van der Waals surface area contributed by atoms with E-state index >= 15 is 0 Å². The zero-order valence-electron chi connectivity index (χ0n) is 18.1. The lowest BCUT2D eigenvalue weighted by Crippen LogP contribution is -2.46. The largest absolute Gasteiger partial charge is 0.504 e. The van der Waals surface area contributed by atoms with E-state index in [-0.39, 0.29) is 46.1 Å². The van der Waals surface area contributed by atoms with Gasteiger partial charge >= 0.3 is 17.9 Å². The van der Waals surface area contributed by atoms with Crippen LogP contribution < -0.4 is 9.47 Å². The molecule has 0 fully saturated rings. The molecule has 0 bridgehead atoms. The third-order valence-corrected chi connectivity index (χ3v) is 5.10. The molecule has 0 unspecified atom stereocenters. The van der Waals surface area contributed by atoms with E-state index in [9.17, 15) is 34.8 Å². The molecule has 34 heavy (non-hydrogen) atoms. The molecule has 0 saturated carbocycles. The molecule has 0 spiro atoms. The van der Waals surface area contributed by atoms with Crippen LogP contribution in [0.3, 0.4) is 0 Å². The Morgan fingerprint density at radius 2 is 1.35 bits per heavy atom. The number of hydrogen-bond acceptors (Lipinski definition) is 10. The first-order valence-electron chi connectivity index (χ1n) is 9.92. The quantitative estimate of drug-likeness (QED) is 0.430. The lowest BCUT2D eigenvalue weighted by Gasteiger charge is -2.33. The van der Waals surface area contributed by atoms with Crippen LogP contribution in [0.2, 0.25) is 0 Å². The number of aromatic hydroxyl groups is 2. The number of rotatable bonds is 7. The SMILES string of the molecule is COc1cc(C(=O)O[C@@H]2[C@H](O)C=C(C(=O)O)C[C@H]2OC(=O)c2ccc(O)c(OC)c2)ccc1O. The van der Waals surface area contributed by atoms with Gasteiger partial charge in [-0.3, -0.25) is 0 Å². The molecule has 180 valence electrons. The van der Waals surface area contributed by atoms with Crippen LogP contribution in [-0.2, 0) is 14.3 Å². The summed E-state index contributed by atoms with van der Waals surface area (Å²) in [4.78, 5) is 36.9. The molecular formula is C23H22O11. The number of carboxylic acid groups (broad SMARTS) is 1. The normalized spacial score (nSPS) is 19.5. The maximum Gasteiger partial charge on any atom is 0.338 e. The maximum absolute atomic E-state index is 12.7. The second-order valence-corrected chi connectivity index (χ2v) is 7.28. The molecule has 0 aromatic heterocycles. The Labute approximate surface area is 193 Å². The summed E-state index contributed by atoms with van der Waals surface area (Å²) >= 11 is 0. The molecule has 2 aromatic rings. The van der Waals surface area contributed by atoms with Crippen LogP contribution in [0.15, 0.2) is 48.0 Å². The fraction of sp³-hybridized carbons (Fsp3) is 0.261. The van der Waals surface area contributed by atoms with E-state index < -0.39 is 36.2 Å². The van der Waals surface area contributed by atoms with Gasteiger partial charge < -0.3 is 39.4 Å². The molecule has 0 aliphatic heterocycles. The van der Waals surface area contributed by atoms with Gasteiger partial charge in [0.1, 0.15) is 12.2 Å². The lowest BCUT2D eigenvalue weighted by atomic mass is 9.91. The van der Waals surface area contributed by atoms with Gasteiger partial charge in [-0.2, -0.15) is 0 Å². The number of esters is 2. The summed E-state index contributed by atoms with van der Waals surface area (Å²) in [7, 11) is 2.58. The fourth-order valence-corrected chi connectivity index (χ4v) is 3.34. The van der Waals surface area contributed by atoms with Gasteiger partial charge in [-0.05, 0) is 42.5 Å². The first kappa shape index (κ1) is 24.4. The van der Waals surface area contributed by atoms with Gasteiger partial charge in [0.25, 0.3) is 0 Å². The monoisotopic (exact) mass is 474 g/mol. The van der Waals surface area contributed by atoms with E-state index in [0.29, 0.717) is 0 Å². The van der Waals surface area contributed by atoms with Crippen molar-refractivity contribution in [1.82, 2.24) is 0 Å². The minimum absolute atomic E-state index is 0.00788. The van der Waals surface area contributed by atoms with Crippen LogP contribution in [0.4, 0.5) is 0 Å². The number of phenolic OH excluding ortho intramolecular Hbond substituents is 2. The summed E-state index contributed by atoms with van der Waals surface area (Å²) in [6, 6.07) is 7.38. The smallest absolute Gasteiger partial charge is 0.338 e. The number of hydrogen-bond donors (Lipinski definition) is 4. The molecule has 1 aliphatic rings. The highest BCUT2D eigenvalue weighted by atomic mass is 16.6. The summed E-state index contributed by atoms with van der Waals surface area (Å²) in [6.45, 7) is 0. The average Bonchev–Trinajstić information content (AvgIpc) is 2.81. The third kappa shape index (κ3) is 5.21. The zero-order chi connectivity index (χ0) is 25.0. The molecule has 0 heterocycles. The van der Waals surface area contributed by atoms with Gasteiger partial charge in [0.2, 0.25) is 0 Å². The number of carboxylic acids is 1. The highest BCUT2D eigenvalue weighted by molar-refractivity contribution is 5.92. The first-order chi connectivity index (χ1) is 16.1. The first-order valence-corrected chi connectivity index (χ1v) is 9.92. The number of benzene rings is 2. The summed E-state index contributed by atoms with van der Waals surface area (Å²) in [5.41, 5.74) is -0.278. The molecule has 11 heteroatoms. The van der Waals surface area contributed by atoms with E-state index in [0.717, 1.165) is 6.08 Å². The van der Waals surface area contributed by atoms with Crippen molar-refractivity contribution in [3.8, 4) is 23.0 Å². The number of aliphatic hydroxyl groups excluding tert-OH is 1. The molecule has 4 N–H and O–H groups in total. The van der Waals surface area contributed by atoms with Gasteiger partial charge in [-0.25, -0.2) is 14.4 Å². The van der Waals surface area contributed by atoms with Crippen molar-refractivity contribution in [2.24, 2.45) is 0 Å². The van der Waals surface area contributed by atoms with Crippen molar-refractivity contribution in [2.75, 3.05) is 14.2 Å². The van der Waals surface area contributed by atoms with E-state index in [1.54, 1.807) is 0 Å². The number of methoxy groups -OCH3 is 2. The van der Waals surface area contributed by atoms with E-state index in [1.807, 2.05) is 0 Å². The summed E-state index contributed by atoms with van der Waals surface area (Å²) < 4.78 is 20.7. The molecular weight excluding hydrogens is 452 g/mol. The molecule has 0 amide bonds. The predicted octanol–water partition coefficient (Wildman–Crippen LogP) is 1.64. The van der Waals surface area contributed by atoms with E-state index in [4.69, 9.17) is 18.9 Å². The van der Waals surface area contributed by atoms with E-state index in [1.165, 1.54) is 50.6 Å². The van der Waals surface area contributed by atoms with Gasteiger partial charge in [-0.1, -0.05) is 0 Å².